The van der Waals surface area contributed by atoms with E-state index in [0.717, 1.165) is 36.8 Å². The average Bonchev–Trinajstić information content (AvgIpc) is 3.36. The summed E-state index contributed by atoms with van der Waals surface area (Å²) in [5.41, 5.74) is 2.22. The maximum atomic E-state index is 14.6. The Morgan fingerprint density at radius 3 is 2.09 bits per heavy atom. The standard InChI is InChI=1S/C29H31FN2O2/c30-26-18-10-7-15-24(26)21-32(28(33)20-23-13-5-2-6-14-23)27(19-22-11-3-1-4-12-22)29(34)31-25-16-8-9-17-25/h1-7,10-15,18,25,27H,8-9,16-17,19-21H2,(H,31,34). The van der Waals surface area contributed by atoms with Crippen LogP contribution in [0.25, 0.3) is 0 Å². The molecule has 34 heavy (non-hydrogen) atoms. The van der Waals surface area contributed by atoms with Gasteiger partial charge in [0, 0.05) is 24.6 Å². The van der Waals surface area contributed by atoms with Gasteiger partial charge < -0.3 is 10.2 Å². The minimum absolute atomic E-state index is 0.0356. The lowest BCUT2D eigenvalue weighted by molar-refractivity contribution is -0.141. The minimum atomic E-state index is -0.737. The number of carbonyl (C=O) groups excluding carboxylic acids is 2. The van der Waals surface area contributed by atoms with Crippen molar-refractivity contribution in [2.24, 2.45) is 0 Å². The first-order valence-corrected chi connectivity index (χ1v) is 12.0. The van der Waals surface area contributed by atoms with E-state index in [1.165, 1.54) is 6.07 Å². The molecule has 1 saturated carbocycles. The predicted octanol–water partition coefficient (Wildman–Crippen LogP) is 5.07. The highest BCUT2D eigenvalue weighted by atomic mass is 19.1. The average molecular weight is 459 g/mol. The van der Waals surface area contributed by atoms with E-state index < -0.39 is 6.04 Å². The Balaban J connectivity index is 1.66. The third-order valence-electron chi connectivity index (χ3n) is 6.47. The van der Waals surface area contributed by atoms with Crippen LogP contribution < -0.4 is 5.32 Å². The highest BCUT2D eigenvalue weighted by molar-refractivity contribution is 5.89. The van der Waals surface area contributed by atoms with E-state index in [4.69, 9.17) is 0 Å². The lowest BCUT2D eigenvalue weighted by Crippen LogP contribution is -2.52. The molecule has 1 fully saturated rings. The second-order valence-corrected chi connectivity index (χ2v) is 8.97. The van der Waals surface area contributed by atoms with E-state index in [0.29, 0.717) is 12.0 Å². The number of amides is 2. The van der Waals surface area contributed by atoms with Gasteiger partial charge in [-0.15, -0.1) is 0 Å². The van der Waals surface area contributed by atoms with Crippen LogP contribution in [0.4, 0.5) is 4.39 Å². The van der Waals surface area contributed by atoms with Gasteiger partial charge in [0.25, 0.3) is 0 Å². The fourth-order valence-corrected chi connectivity index (χ4v) is 4.60. The van der Waals surface area contributed by atoms with E-state index in [-0.39, 0.29) is 36.6 Å². The van der Waals surface area contributed by atoms with Crippen molar-refractivity contribution in [3.63, 3.8) is 0 Å². The highest BCUT2D eigenvalue weighted by Gasteiger charge is 2.32. The molecule has 1 atom stereocenters. The number of carbonyl (C=O) groups is 2. The van der Waals surface area contributed by atoms with Gasteiger partial charge in [-0.1, -0.05) is 91.7 Å². The Morgan fingerprint density at radius 1 is 0.853 bits per heavy atom. The summed E-state index contributed by atoms with van der Waals surface area (Å²) in [6.45, 7) is 0.0356. The zero-order chi connectivity index (χ0) is 23.8. The van der Waals surface area contributed by atoms with Gasteiger partial charge in [0.05, 0.1) is 6.42 Å². The van der Waals surface area contributed by atoms with Crippen molar-refractivity contribution in [2.45, 2.75) is 57.2 Å². The van der Waals surface area contributed by atoms with Gasteiger partial charge in [-0.25, -0.2) is 4.39 Å². The van der Waals surface area contributed by atoms with Crippen molar-refractivity contribution in [1.29, 1.82) is 0 Å². The molecular formula is C29H31FN2O2. The lowest BCUT2D eigenvalue weighted by atomic mass is 10.0. The molecule has 1 N–H and O–H groups in total. The zero-order valence-corrected chi connectivity index (χ0v) is 19.3. The Labute approximate surface area is 200 Å². The zero-order valence-electron chi connectivity index (χ0n) is 19.3. The van der Waals surface area contributed by atoms with Crippen LogP contribution in [-0.4, -0.2) is 28.8 Å². The summed E-state index contributed by atoms with van der Waals surface area (Å²) < 4.78 is 14.6. The van der Waals surface area contributed by atoms with Crippen molar-refractivity contribution in [1.82, 2.24) is 10.2 Å². The first kappa shape index (κ1) is 23.7. The maximum Gasteiger partial charge on any atom is 0.243 e. The first-order chi connectivity index (χ1) is 16.6. The monoisotopic (exact) mass is 458 g/mol. The Hall–Kier alpha value is -3.47. The fourth-order valence-electron chi connectivity index (χ4n) is 4.60. The molecule has 176 valence electrons. The minimum Gasteiger partial charge on any atom is -0.352 e. The number of nitrogens with zero attached hydrogens (tertiary/aromatic N) is 1. The fraction of sp³-hybridized carbons (Fsp3) is 0.310. The summed E-state index contributed by atoms with van der Waals surface area (Å²) in [5, 5.41) is 3.17. The summed E-state index contributed by atoms with van der Waals surface area (Å²) in [5.74, 6) is -0.750. The molecule has 0 aromatic heterocycles. The van der Waals surface area contributed by atoms with E-state index in [9.17, 15) is 14.0 Å². The quantitative estimate of drug-likeness (QED) is 0.487. The van der Waals surface area contributed by atoms with E-state index in [2.05, 4.69) is 5.32 Å². The van der Waals surface area contributed by atoms with Crippen LogP contribution in [0.5, 0.6) is 0 Å². The summed E-state index contributed by atoms with van der Waals surface area (Å²) in [6, 6.07) is 25.0. The lowest BCUT2D eigenvalue weighted by Gasteiger charge is -2.32. The van der Waals surface area contributed by atoms with Crippen molar-refractivity contribution < 1.29 is 14.0 Å². The van der Waals surface area contributed by atoms with E-state index >= 15 is 0 Å². The molecule has 0 bridgehead atoms. The largest absolute Gasteiger partial charge is 0.352 e. The maximum absolute atomic E-state index is 14.6. The Kier molecular flexibility index (Phi) is 8.08. The van der Waals surface area contributed by atoms with Crippen LogP contribution in [0.3, 0.4) is 0 Å². The molecule has 3 aromatic rings. The van der Waals surface area contributed by atoms with Crippen LogP contribution in [0, 0.1) is 5.82 Å². The van der Waals surface area contributed by atoms with Gasteiger partial charge in [0.1, 0.15) is 11.9 Å². The van der Waals surface area contributed by atoms with E-state index in [1.54, 1.807) is 23.1 Å². The SMILES string of the molecule is O=C(NC1CCCC1)C(Cc1ccccc1)N(Cc1ccccc1F)C(=O)Cc1ccccc1. The van der Waals surface area contributed by atoms with Crippen LogP contribution >= 0.6 is 0 Å². The molecule has 2 amide bonds. The molecule has 5 heteroatoms. The first-order valence-electron chi connectivity index (χ1n) is 12.0. The predicted molar refractivity (Wildman–Crippen MR) is 131 cm³/mol. The van der Waals surface area contributed by atoms with Gasteiger partial charge in [-0.05, 0) is 30.0 Å². The third-order valence-corrected chi connectivity index (χ3v) is 6.47. The molecular weight excluding hydrogens is 427 g/mol. The topological polar surface area (TPSA) is 49.4 Å². The smallest absolute Gasteiger partial charge is 0.243 e. The summed E-state index contributed by atoms with van der Waals surface area (Å²) in [7, 11) is 0. The summed E-state index contributed by atoms with van der Waals surface area (Å²) in [4.78, 5) is 28.8. The van der Waals surface area contributed by atoms with Gasteiger partial charge in [-0.3, -0.25) is 9.59 Å². The second-order valence-electron chi connectivity index (χ2n) is 8.97. The molecule has 1 aliphatic rings. The number of benzene rings is 3. The van der Waals surface area contributed by atoms with E-state index in [1.807, 2.05) is 60.7 Å². The molecule has 1 aliphatic carbocycles. The van der Waals surface area contributed by atoms with Crippen molar-refractivity contribution in [2.75, 3.05) is 0 Å². The second kappa shape index (κ2) is 11.6. The summed E-state index contributed by atoms with van der Waals surface area (Å²) in [6.07, 6.45) is 4.62. The van der Waals surface area contributed by atoms with Crippen LogP contribution in [-0.2, 0) is 29.0 Å². The molecule has 4 nitrogen and oxygen atoms in total. The van der Waals surface area contributed by atoms with Gasteiger partial charge in [0.15, 0.2) is 0 Å². The molecule has 0 heterocycles. The van der Waals surface area contributed by atoms with Crippen molar-refractivity contribution in [3.8, 4) is 0 Å². The van der Waals surface area contributed by atoms with Crippen LogP contribution in [0.1, 0.15) is 42.4 Å². The molecule has 3 aromatic carbocycles. The van der Waals surface area contributed by atoms with Crippen LogP contribution in [0.2, 0.25) is 0 Å². The number of halogens is 1. The highest BCUT2D eigenvalue weighted by Crippen LogP contribution is 2.21. The molecule has 4 rings (SSSR count). The van der Waals surface area contributed by atoms with Crippen molar-refractivity contribution >= 4 is 11.8 Å². The molecule has 0 radical (unpaired) electrons. The molecule has 0 spiro atoms. The third kappa shape index (κ3) is 6.31. The molecule has 1 unspecified atom stereocenters. The number of rotatable bonds is 9. The Bertz CT molecular complexity index is 1080. The normalized spacial score (nSPS) is 14.5. The Morgan fingerprint density at radius 2 is 1.44 bits per heavy atom. The number of hydrogen-bond donors (Lipinski definition) is 1. The van der Waals surface area contributed by atoms with Gasteiger partial charge in [0.2, 0.25) is 11.8 Å². The van der Waals surface area contributed by atoms with Gasteiger partial charge in [-0.2, -0.15) is 0 Å². The van der Waals surface area contributed by atoms with Crippen LogP contribution in [0.15, 0.2) is 84.9 Å². The molecule has 0 saturated heterocycles. The van der Waals surface area contributed by atoms with Gasteiger partial charge >= 0.3 is 0 Å². The number of hydrogen-bond acceptors (Lipinski definition) is 2. The number of nitrogens with one attached hydrogen (secondary N) is 1. The summed E-state index contributed by atoms with van der Waals surface area (Å²) >= 11 is 0. The molecule has 0 aliphatic heterocycles. The van der Waals surface area contributed by atoms with Crippen molar-refractivity contribution in [3.05, 3.63) is 107 Å².